The van der Waals surface area contributed by atoms with Gasteiger partial charge < -0.3 is 4.90 Å². The first-order valence-electron chi connectivity index (χ1n) is 7.25. The van der Waals surface area contributed by atoms with Crippen molar-refractivity contribution < 1.29 is 0 Å². The van der Waals surface area contributed by atoms with Crippen LogP contribution in [-0.2, 0) is 0 Å². The summed E-state index contributed by atoms with van der Waals surface area (Å²) in [5, 5.41) is 0. The topological polar surface area (TPSA) is 37.4 Å². The van der Waals surface area contributed by atoms with Crippen LogP contribution < -0.4 is 15.8 Å². The van der Waals surface area contributed by atoms with Gasteiger partial charge in [-0.15, -0.1) is 0 Å². The molecule has 0 bridgehead atoms. The number of anilines is 1. The van der Waals surface area contributed by atoms with Gasteiger partial charge in [-0.1, -0.05) is 18.2 Å². The van der Waals surface area contributed by atoms with E-state index in [0.717, 1.165) is 37.1 Å². The highest BCUT2D eigenvalue weighted by molar-refractivity contribution is 5.83. The van der Waals surface area contributed by atoms with Crippen molar-refractivity contribution >= 4 is 5.69 Å². The van der Waals surface area contributed by atoms with Gasteiger partial charge in [0, 0.05) is 13.1 Å². The molecule has 0 spiro atoms. The van der Waals surface area contributed by atoms with Crippen LogP contribution in [0.3, 0.4) is 0 Å². The second-order valence-corrected chi connectivity index (χ2v) is 5.73. The molecule has 2 aromatic carbocycles. The van der Waals surface area contributed by atoms with Crippen LogP contribution in [0.15, 0.2) is 27.8 Å². The van der Waals surface area contributed by atoms with E-state index >= 15 is 0 Å². The average molecular weight is 269 g/mol. The van der Waals surface area contributed by atoms with Crippen molar-refractivity contribution in [2.45, 2.75) is 33.1 Å². The van der Waals surface area contributed by atoms with Crippen molar-refractivity contribution in [2.24, 2.45) is 0 Å². The number of benzene rings is 1. The normalized spacial score (nSPS) is 15.8. The lowest BCUT2D eigenvalue weighted by atomic mass is 9.94. The Morgan fingerprint density at radius 1 is 0.900 bits per heavy atom. The van der Waals surface area contributed by atoms with Gasteiger partial charge in [0.15, 0.2) is 0 Å². The molecule has 0 radical (unpaired) electrons. The minimum atomic E-state index is -0.325. The Morgan fingerprint density at radius 2 is 1.60 bits per heavy atom. The summed E-state index contributed by atoms with van der Waals surface area (Å²) in [6.45, 7) is 5.86. The van der Waals surface area contributed by atoms with Crippen LogP contribution >= 0.6 is 0 Å². The van der Waals surface area contributed by atoms with Gasteiger partial charge in [-0.2, -0.15) is 0 Å². The Morgan fingerprint density at radius 3 is 2.25 bits per heavy atom. The van der Waals surface area contributed by atoms with E-state index in [1.54, 1.807) is 0 Å². The lowest BCUT2D eigenvalue weighted by Crippen LogP contribution is -2.44. The highest BCUT2D eigenvalue weighted by Gasteiger charge is 2.27. The monoisotopic (exact) mass is 269 g/mol. The van der Waals surface area contributed by atoms with Crippen LogP contribution in [0.5, 0.6) is 0 Å². The van der Waals surface area contributed by atoms with E-state index in [-0.39, 0.29) is 10.9 Å². The molecule has 0 N–H and O–H groups in total. The molecule has 1 aliphatic heterocycles. The summed E-state index contributed by atoms with van der Waals surface area (Å²) in [5.41, 5.74) is 3.89. The fraction of sp³-hybridized carbons (Fsp3) is 0.412. The number of hydrogen-bond donors (Lipinski definition) is 0. The second-order valence-electron chi connectivity index (χ2n) is 5.73. The summed E-state index contributed by atoms with van der Waals surface area (Å²) < 4.78 is 0. The molecule has 3 rings (SSSR count). The largest absolute Gasteiger partial charge is 0.368 e. The summed E-state index contributed by atoms with van der Waals surface area (Å²) in [4.78, 5) is 26.0. The molecule has 1 fully saturated rings. The third-order valence-electron chi connectivity index (χ3n) is 4.35. The smallest absolute Gasteiger partial charge is 0.250 e. The van der Waals surface area contributed by atoms with Gasteiger partial charge in [0.25, 0.3) is 0 Å². The van der Waals surface area contributed by atoms with Crippen molar-refractivity contribution in [1.82, 2.24) is 0 Å². The van der Waals surface area contributed by atoms with Crippen molar-refractivity contribution in [2.75, 3.05) is 18.0 Å². The van der Waals surface area contributed by atoms with Crippen molar-refractivity contribution in [1.29, 1.82) is 0 Å². The number of rotatable bonds is 2. The van der Waals surface area contributed by atoms with Gasteiger partial charge >= 0.3 is 0 Å². The molecular formula is C17H19NO2. The second kappa shape index (κ2) is 4.89. The van der Waals surface area contributed by atoms with Gasteiger partial charge in [0.05, 0.1) is 5.56 Å². The molecule has 104 valence electrons. The Balaban J connectivity index is 2.05. The van der Waals surface area contributed by atoms with E-state index in [1.165, 1.54) is 12.0 Å². The Bertz CT molecular complexity index is 717. The zero-order valence-electron chi connectivity index (χ0n) is 12.0. The van der Waals surface area contributed by atoms with Gasteiger partial charge in [-0.25, -0.2) is 0 Å². The molecule has 3 nitrogen and oxygen atoms in total. The Kier molecular flexibility index (Phi) is 3.20. The van der Waals surface area contributed by atoms with E-state index < -0.39 is 0 Å². The third kappa shape index (κ3) is 1.98. The van der Waals surface area contributed by atoms with Gasteiger partial charge in [-0.3, -0.25) is 9.59 Å². The molecule has 0 amide bonds. The van der Waals surface area contributed by atoms with E-state index in [0.29, 0.717) is 11.3 Å². The molecule has 0 unspecified atom stereocenters. The highest BCUT2D eigenvalue weighted by atomic mass is 16.2. The first-order chi connectivity index (χ1) is 9.59. The third-order valence-corrected chi connectivity index (χ3v) is 4.35. The Hall–Kier alpha value is -1.90. The van der Waals surface area contributed by atoms with Gasteiger partial charge in [0.1, 0.15) is 5.69 Å². The van der Waals surface area contributed by atoms with Crippen molar-refractivity contribution in [3.8, 4) is 11.1 Å². The first kappa shape index (κ1) is 13.1. The van der Waals surface area contributed by atoms with Gasteiger partial charge in [-0.05, 0) is 49.8 Å². The van der Waals surface area contributed by atoms with Crippen LogP contribution in [0.2, 0.25) is 0 Å². The highest BCUT2D eigenvalue weighted by Crippen LogP contribution is 2.29. The molecule has 3 heteroatoms. The summed E-state index contributed by atoms with van der Waals surface area (Å²) >= 11 is 0. The van der Waals surface area contributed by atoms with Crippen LogP contribution in [0, 0.1) is 13.8 Å². The summed E-state index contributed by atoms with van der Waals surface area (Å²) in [6.07, 6.45) is 3.42. The summed E-state index contributed by atoms with van der Waals surface area (Å²) in [7, 11) is 0. The molecule has 0 aromatic heterocycles. The molecule has 0 aliphatic carbocycles. The average Bonchev–Trinajstić information content (AvgIpc) is 2.47. The minimum absolute atomic E-state index is 0.305. The van der Waals surface area contributed by atoms with Crippen molar-refractivity contribution in [3.05, 3.63) is 49.8 Å². The first-order valence-corrected chi connectivity index (χ1v) is 7.25. The Labute approximate surface area is 118 Å². The number of aryl methyl sites for hydroxylation is 2. The van der Waals surface area contributed by atoms with E-state index in [9.17, 15) is 9.59 Å². The quantitative estimate of drug-likeness (QED) is 0.786. The standard InChI is InChI=1S/C17H19NO2/c1-11-6-7-13(10-12(11)2)14-15(17(20)16(14)19)18-8-4-3-5-9-18/h6-7,10H,3-5,8-9H2,1-2H3. The van der Waals surface area contributed by atoms with Crippen molar-refractivity contribution in [3.63, 3.8) is 0 Å². The maximum Gasteiger partial charge on any atom is 0.250 e. The molecule has 0 saturated carbocycles. The van der Waals surface area contributed by atoms with E-state index in [2.05, 4.69) is 4.90 Å². The SMILES string of the molecule is Cc1ccc(-c2c(N3CCCCC3)c(=O)c2=O)cc1C. The van der Waals surface area contributed by atoms with Crippen LogP contribution in [-0.4, -0.2) is 13.1 Å². The van der Waals surface area contributed by atoms with Crippen LogP contribution in [0.1, 0.15) is 30.4 Å². The molecule has 2 aromatic rings. The zero-order chi connectivity index (χ0) is 14.3. The summed E-state index contributed by atoms with van der Waals surface area (Å²) in [6, 6.07) is 5.98. The minimum Gasteiger partial charge on any atom is -0.368 e. The van der Waals surface area contributed by atoms with Gasteiger partial charge in [0.2, 0.25) is 10.9 Å². The zero-order valence-corrected chi connectivity index (χ0v) is 12.0. The molecular weight excluding hydrogens is 250 g/mol. The van der Waals surface area contributed by atoms with Crippen LogP contribution in [0.25, 0.3) is 11.1 Å². The molecule has 1 aliphatic rings. The molecule has 1 saturated heterocycles. The van der Waals surface area contributed by atoms with E-state index in [4.69, 9.17) is 0 Å². The maximum atomic E-state index is 12.0. The molecule has 1 heterocycles. The predicted molar refractivity (Wildman–Crippen MR) is 82.3 cm³/mol. The lowest BCUT2D eigenvalue weighted by Gasteiger charge is -2.31. The maximum absolute atomic E-state index is 12.0. The molecule has 20 heavy (non-hydrogen) atoms. The molecule has 0 atom stereocenters. The number of nitrogens with zero attached hydrogens (tertiary/aromatic N) is 1. The fourth-order valence-corrected chi connectivity index (χ4v) is 2.96. The number of hydrogen-bond acceptors (Lipinski definition) is 3. The fourth-order valence-electron chi connectivity index (χ4n) is 2.96. The lowest BCUT2D eigenvalue weighted by molar-refractivity contribution is 0.576. The predicted octanol–water partition coefficient (Wildman–Crippen LogP) is 2.56. The number of piperidine rings is 1. The summed E-state index contributed by atoms with van der Waals surface area (Å²) in [5.74, 6) is 0. The van der Waals surface area contributed by atoms with Crippen LogP contribution in [0.4, 0.5) is 5.69 Å². The van der Waals surface area contributed by atoms with E-state index in [1.807, 2.05) is 32.0 Å².